The number of nitrogens with one attached hydrogen (secondary N) is 1. The van der Waals surface area contributed by atoms with E-state index in [0.717, 1.165) is 37.8 Å². The van der Waals surface area contributed by atoms with Gasteiger partial charge in [-0.15, -0.1) is 0 Å². The number of rotatable bonds is 7. The highest BCUT2D eigenvalue weighted by atomic mass is 32.2. The number of anilines is 1. The summed E-state index contributed by atoms with van der Waals surface area (Å²) in [4.78, 5) is 12.3. The summed E-state index contributed by atoms with van der Waals surface area (Å²) < 4.78 is 71.9. The van der Waals surface area contributed by atoms with Crippen LogP contribution >= 0.6 is 0 Å². The molecule has 0 atom stereocenters. The molecule has 0 spiro atoms. The van der Waals surface area contributed by atoms with E-state index in [0.29, 0.717) is 18.7 Å². The number of hydrogen-bond donors (Lipinski definition) is 1. The largest absolute Gasteiger partial charge is 0.482 e. The highest BCUT2D eigenvalue weighted by molar-refractivity contribution is 7.89. The zero-order valence-corrected chi connectivity index (χ0v) is 18.8. The lowest BCUT2D eigenvalue weighted by atomic mass is 10.2. The van der Waals surface area contributed by atoms with E-state index in [4.69, 9.17) is 4.74 Å². The van der Waals surface area contributed by atoms with E-state index in [1.165, 1.54) is 33.4 Å². The smallest absolute Gasteiger partial charge is 0.422 e. The lowest BCUT2D eigenvalue weighted by molar-refractivity contribution is -0.153. The second-order valence-corrected chi connectivity index (χ2v) is 9.59. The van der Waals surface area contributed by atoms with E-state index >= 15 is 0 Å². The minimum atomic E-state index is -4.60. The third-order valence-electron chi connectivity index (χ3n) is 4.96. The molecule has 2 aromatic rings. The van der Waals surface area contributed by atoms with Crippen molar-refractivity contribution in [2.45, 2.75) is 36.8 Å². The minimum absolute atomic E-state index is 0.129. The van der Waals surface area contributed by atoms with Crippen LogP contribution in [0.5, 0.6) is 5.75 Å². The number of alkyl halides is 3. The van der Waals surface area contributed by atoms with Crippen LogP contribution in [-0.4, -0.2) is 54.3 Å². The highest BCUT2D eigenvalue weighted by Gasteiger charge is 2.30. The lowest BCUT2D eigenvalue weighted by Gasteiger charge is -2.21. The normalized spacial score (nSPS) is 16.0. The third-order valence-corrected chi connectivity index (χ3v) is 6.85. The van der Waals surface area contributed by atoms with Gasteiger partial charge in [0.1, 0.15) is 5.75 Å². The zero-order valence-electron chi connectivity index (χ0n) is 18.0. The fraction of sp³-hybridized carbons (Fsp3) is 0.429. The van der Waals surface area contributed by atoms with Crippen LogP contribution in [0.1, 0.15) is 31.2 Å². The highest BCUT2D eigenvalue weighted by Crippen LogP contribution is 2.31. The van der Waals surface area contributed by atoms with Crippen LogP contribution in [0.2, 0.25) is 0 Å². The van der Waals surface area contributed by atoms with Crippen LogP contribution in [0, 0.1) is 0 Å². The Kier molecular flexibility index (Phi) is 7.80. The Morgan fingerprint density at radius 1 is 1.21 bits per heavy atom. The van der Waals surface area contributed by atoms with Gasteiger partial charge in [0.15, 0.2) is 6.61 Å². The van der Waals surface area contributed by atoms with E-state index in [2.05, 4.69) is 10.4 Å². The van der Waals surface area contributed by atoms with Gasteiger partial charge in [-0.3, -0.25) is 9.48 Å². The molecule has 8 nitrogen and oxygen atoms in total. The maximum absolute atomic E-state index is 13.1. The summed E-state index contributed by atoms with van der Waals surface area (Å²) in [7, 11) is -2.17. The van der Waals surface area contributed by atoms with E-state index in [9.17, 15) is 26.4 Å². The summed E-state index contributed by atoms with van der Waals surface area (Å²) in [6.45, 7) is -0.853. The maximum Gasteiger partial charge on any atom is 0.422 e. The van der Waals surface area contributed by atoms with Gasteiger partial charge in [-0.25, -0.2) is 8.42 Å². The van der Waals surface area contributed by atoms with Crippen molar-refractivity contribution in [2.75, 3.05) is 25.0 Å². The van der Waals surface area contributed by atoms with E-state index in [1.54, 1.807) is 13.2 Å². The van der Waals surface area contributed by atoms with Gasteiger partial charge in [0, 0.05) is 38.0 Å². The molecule has 0 radical (unpaired) electrons. The Hall–Kier alpha value is -2.86. The first-order chi connectivity index (χ1) is 15.5. The molecular formula is C21H25F3N4O4S. The number of benzene rings is 1. The van der Waals surface area contributed by atoms with Crippen molar-refractivity contribution in [1.82, 2.24) is 14.1 Å². The minimum Gasteiger partial charge on any atom is -0.482 e. The number of nitrogens with zero attached hydrogens (tertiary/aromatic N) is 3. The number of halogens is 3. The first-order valence-electron chi connectivity index (χ1n) is 10.4. The van der Waals surface area contributed by atoms with E-state index in [-0.39, 0.29) is 16.3 Å². The molecule has 1 saturated heterocycles. The standard InChI is InChI=1S/C21H25F3N4O4S/c1-27-14-16(13-25-27)6-9-20(29)26-18-12-17(7-8-19(18)32-15-21(22,23)24)33(30,31)28-10-4-2-3-5-11-28/h6-9,12-14H,2-5,10-11,15H2,1H3,(H,26,29)/b9-6+. The lowest BCUT2D eigenvalue weighted by Crippen LogP contribution is -2.32. The molecule has 180 valence electrons. The maximum atomic E-state index is 13.1. The number of aryl methyl sites for hydroxylation is 1. The molecule has 2 heterocycles. The molecule has 1 N–H and O–H groups in total. The fourth-order valence-electron chi connectivity index (χ4n) is 3.36. The molecule has 33 heavy (non-hydrogen) atoms. The van der Waals surface area contributed by atoms with Crippen molar-refractivity contribution < 1.29 is 31.1 Å². The van der Waals surface area contributed by atoms with Crippen LogP contribution in [0.25, 0.3) is 6.08 Å². The Bertz CT molecular complexity index is 1100. The number of carbonyl (C=O) groups excluding carboxylic acids is 1. The SMILES string of the molecule is Cn1cc(/C=C/C(=O)Nc2cc(S(=O)(=O)N3CCCCCC3)ccc2OCC(F)(F)F)cn1. The van der Waals surface area contributed by atoms with Crippen molar-refractivity contribution >= 4 is 27.7 Å². The molecule has 0 bridgehead atoms. The van der Waals surface area contributed by atoms with Crippen LogP contribution in [0.4, 0.5) is 18.9 Å². The first-order valence-corrected chi connectivity index (χ1v) is 11.8. The molecule has 1 fully saturated rings. The van der Waals surface area contributed by atoms with Gasteiger partial charge >= 0.3 is 6.18 Å². The van der Waals surface area contributed by atoms with Crippen molar-refractivity contribution in [3.05, 3.63) is 42.2 Å². The predicted octanol–water partition coefficient (Wildman–Crippen LogP) is 3.58. The molecule has 0 unspecified atom stereocenters. The Morgan fingerprint density at radius 3 is 2.52 bits per heavy atom. The second kappa shape index (κ2) is 10.4. The van der Waals surface area contributed by atoms with Crippen LogP contribution < -0.4 is 10.1 Å². The number of aromatic nitrogens is 2. The molecule has 12 heteroatoms. The molecule has 1 aromatic carbocycles. The van der Waals surface area contributed by atoms with Gasteiger partial charge < -0.3 is 10.1 Å². The Labute approximate surface area is 190 Å². The van der Waals surface area contributed by atoms with Gasteiger partial charge in [0.05, 0.1) is 16.8 Å². The number of carbonyl (C=O) groups is 1. The molecule has 1 amide bonds. The van der Waals surface area contributed by atoms with E-state index in [1.807, 2.05) is 0 Å². The van der Waals surface area contributed by atoms with Crippen molar-refractivity contribution in [1.29, 1.82) is 0 Å². The van der Waals surface area contributed by atoms with Gasteiger partial charge in [-0.1, -0.05) is 12.8 Å². The topological polar surface area (TPSA) is 93.5 Å². The van der Waals surface area contributed by atoms with Gasteiger partial charge in [0.2, 0.25) is 15.9 Å². The average Bonchev–Trinajstić information content (AvgIpc) is 2.98. The molecule has 1 aliphatic heterocycles. The number of amides is 1. The van der Waals surface area contributed by atoms with Crippen molar-refractivity contribution in [3.63, 3.8) is 0 Å². The number of ether oxygens (including phenoxy) is 1. The van der Waals surface area contributed by atoms with Crippen molar-refractivity contribution in [2.24, 2.45) is 7.05 Å². The monoisotopic (exact) mass is 486 g/mol. The first kappa shape index (κ1) is 24.8. The summed E-state index contributed by atoms with van der Waals surface area (Å²) in [5.74, 6) is -0.953. The van der Waals surface area contributed by atoms with Crippen LogP contribution in [0.15, 0.2) is 41.6 Å². The van der Waals surface area contributed by atoms with Crippen LogP contribution in [0.3, 0.4) is 0 Å². The van der Waals surface area contributed by atoms with Gasteiger partial charge in [-0.2, -0.15) is 22.6 Å². The summed E-state index contributed by atoms with van der Waals surface area (Å²) in [6, 6.07) is 3.44. The molecule has 1 aliphatic rings. The predicted molar refractivity (Wildman–Crippen MR) is 116 cm³/mol. The molecule has 3 rings (SSSR count). The molecule has 0 aliphatic carbocycles. The molecule has 0 saturated carbocycles. The third kappa shape index (κ3) is 7.06. The summed E-state index contributed by atoms with van der Waals surface area (Å²) in [5, 5.41) is 6.39. The molecule has 1 aromatic heterocycles. The Balaban J connectivity index is 1.86. The van der Waals surface area contributed by atoms with Gasteiger partial charge in [-0.05, 0) is 37.1 Å². The van der Waals surface area contributed by atoms with E-state index < -0.39 is 28.7 Å². The number of sulfonamides is 1. The Morgan fingerprint density at radius 2 is 1.91 bits per heavy atom. The molecular weight excluding hydrogens is 461 g/mol. The van der Waals surface area contributed by atoms with Gasteiger partial charge in [0.25, 0.3) is 0 Å². The van der Waals surface area contributed by atoms with Crippen LogP contribution in [-0.2, 0) is 21.9 Å². The second-order valence-electron chi connectivity index (χ2n) is 7.65. The summed E-state index contributed by atoms with van der Waals surface area (Å²) >= 11 is 0. The fourth-order valence-corrected chi connectivity index (χ4v) is 4.90. The average molecular weight is 487 g/mol. The zero-order chi connectivity index (χ0) is 24.1. The van der Waals surface area contributed by atoms with Crippen molar-refractivity contribution in [3.8, 4) is 5.75 Å². The summed E-state index contributed by atoms with van der Waals surface area (Å²) in [5.41, 5.74) is 0.467. The quantitative estimate of drug-likeness (QED) is 0.604. The number of hydrogen-bond acceptors (Lipinski definition) is 5. The summed E-state index contributed by atoms with van der Waals surface area (Å²) in [6.07, 6.45) is 4.55.